The minimum atomic E-state index is -0.140. The van der Waals surface area contributed by atoms with Crippen LogP contribution < -0.4 is 10.5 Å². The SMILES string of the molecule is CC1(C)CCc2cccc(-c3cc(N)on3)c2O1. The van der Waals surface area contributed by atoms with Crippen LogP contribution in [0.2, 0.25) is 0 Å². The van der Waals surface area contributed by atoms with Crippen molar-refractivity contribution >= 4 is 5.88 Å². The molecule has 2 N–H and O–H groups in total. The van der Waals surface area contributed by atoms with Gasteiger partial charge >= 0.3 is 0 Å². The number of hydrogen-bond donors (Lipinski definition) is 1. The number of para-hydroxylation sites is 1. The van der Waals surface area contributed by atoms with E-state index in [0.717, 1.165) is 29.8 Å². The van der Waals surface area contributed by atoms with E-state index in [0.29, 0.717) is 5.88 Å². The molecule has 4 heteroatoms. The molecule has 0 spiro atoms. The van der Waals surface area contributed by atoms with E-state index in [2.05, 4.69) is 25.1 Å². The van der Waals surface area contributed by atoms with Crippen molar-refractivity contribution < 1.29 is 9.26 Å². The van der Waals surface area contributed by atoms with E-state index in [4.69, 9.17) is 15.0 Å². The van der Waals surface area contributed by atoms with Crippen LogP contribution in [0.4, 0.5) is 5.88 Å². The van der Waals surface area contributed by atoms with E-state index < -0.39 is 0 Å². The van der Waals surface area contributed by atoms with Crippen LogP contribution in [0.1, 0.15) is 25.8 Å². The van der Waals surface area contributed by atoms with Gasteiger partial charge in [-0.2, -0.15) is 0 Å². The Balaban J connectivity index is 2.12. The van der Waals surface area contributed by atoms with Crippen LogP contribution in [0.25, 0.3) is 11.3 Å². The molecule has 0 atom stereocenters. The molecule has 0 amide bonds. The number of rotatable bonds is 1. The van der Waals surface area contributed by atoms with Crippen molar-refractivity contribution in [3.8, 4) is 17.0 Å². The Morgan fingerprint density at radius 2 is 2.17 bits per heavy atom. The Hall–Kier alpha value is -1.97. The zero-order valence-electron chi connectivity index (χ0n) is 10.6. The van der Waals surface area contributed by atoms with Gasteiger partial charge in [-0.25, -0.2) is 0 Å². The Labute approximate surface area is 106 Å². The summed E-state index contributed by atoms with van der Waals surface area (Å²) < 4.78 is 11.0. The first-order chi connectivity index (χ1) is 8.55. The monoisotopic (exact) mass is 244 g/mol. The maximum atomic E-state index is 6.09. The molecule has 0 saturated carbocycles. The topological polar surface area (TPSA) is 61.3 Å². The Morgan fingerprint density at radius 3 is 2.89 bits per heavy atom. The third-order valence-corrected chi connectivity index (χ3v) is 3.28. The second-order valence-electron chi connectivity index (χ2n) is 5.27. The van der Waals surface area contributed by atoms with Gasteiger partial charge in [-0.1, -0.05) is 17.3 Å². The fourth-order valence-corrected chi connectivity index (χ4v) is 2.28. The van der Waals surface area contributed by atoms with Gasteiger partial charge in [0.05, 0.1) is 0 Å². The van der Waals surface area contributed by atoms with Crippen molar-refractivity contribution in [2.24, 2.45) is 0 Å². The molecule has 94 valence electrons. The van der Waals surface area contributed by atoms with Crippen molar-refractivity contribution in [3.63, 3.8) is 0 Å². The number of ether oxygens (including phenoxy) is 1. The minimum Gasteiger partial charge on any atom is -0.487 e. The lowest BCUT2D eigenvalue weighted by Crippen LogP contribution is -2.32. The van der Waals surface area contributed by atoms with Crippen molar-refractivity contribution in [1.82, 2.24) is 5.16 Å². The minimum absolute atomic E-state index is 0.140. The molecule has 0 radical (unpaired) electrons. The summed E-state index contributed by atoms with van der Waals surface area (Å²) in [7, 11) is 0. The molecule has 2 heterocycles. The predicted molar refractivity (Wildman–Crippen MR) is 69.4 cm³/mol. The summed E-state index contributed by atoms with van der Waals surface area (Å²) in [6.07, 6.45) is 2.04. The summed E-state index contributed by atoms with van der Waals surface area (Å²) in [6.45, 7) is 4.20. The van der Waals surface area contributed by atoms with Gasteiger partial charge in [-0.15, -0.1) is 0 Å². The fourth-order valence-electron chi connectivity index (χ4n) is 2.28. The molecule has 0 unspecified atom stereocenters. The number of aromatic nitrogens is 1. The third-order valence-electron chi connectivity index (χ3n) is 3.28. The summed E-state index contributed by atoms with van der Waals surface area (Å²) in [6, 6.07) is 7.82. The second-order valence-corrected chi connectivity index (χ2v) is 5.27. The molecule has 18 heavy (non-hydrogen) atoms. The van der Waals surface area contributed by atoms with Crippen LogP contribution in [0.15, 0.2) is 28.8 Å². The molecule has 2 aromatic rings. The van der Waals surface area contributed by atoms with Gasteiger partial charge < -0.3 is 15.0 Å². The second kappa shape index (κ2) is 3.77. The van der Waals surface area contributed by atoms with Gasteiger partial charge in [-0.05, 0) is 38.3 Å². The highest BCUT2D eigenvalue weighted by atomic mass is 16.5. The summed E-state index contributed by atoms with van der Waals surface area (Å²) in [5.41, 5.74) is 8.32. The summed E-state index contributed by atoms with van der Waals surface area (Å²) in [5, 5.41) is 3.96. The van der Waals surface area contributed by atoms with Crippen LogP contribution in [-0.2, 0) is 6.42 Å². The van der Waals surface area contributed by atoms with E-state index in [-0.39, 0.29) is 5.60 Å². The molecule has 0 aliphatic carbocycles. The van der Waals surface area contributed by atoms with Gasteiger partial charge in [0, 0.05) is 11.6 Å². The average molecular weight is 244 g/mol. The van der Waals surface area contributed by atoms with Crippen molar-refractivity contribution in [2.45, 2.75) is 32.3 Å². The quantitative estimate of drug-likeness (QED) is 0.837. The molecule has 1 aromatic carbocycles. The van der Waals surface area contributed by atoms with Gasteiger partial charge in [-0.3, -0.25) is 0 Å². The molecule has 1 aliphatic heterocycles. The van der Waals surface area contributed by atoms with Crippen LogP contribution in [0.3, 0.4) is 0 Å². The predicted octanol–water partition coefficient (Wildman–Crippen LogP) is 3.03. The molecule has 0 bridgehead atoms. The normalized spacial score (nSPS) is 17.0. The van der Waals surface area contributed by atoms with Crippen LogP contribution in [-0.4, -0.2) is 10.8 Å². The van der Waals surface area contributed by atoms with E-state index in [1.807, 2.05) is 12.1 Å². The fraction of sp³-hybridized carbons (Fsp3) is 0.357. The molecular weight excluding hydrogens is 228 g/mol. The van der Waals surface area contributed by atoms with E-state index in [1.54, 1.807) is 6.07 Å². The van der Waals surface area contributed by atoms with E-state index >= 15 is 0 Å². The number of hydrogen-bond acceptors (Lipinski definition) is 4. The van der Waals surface area contributed by atoms with Gasteiger partial charge in [0.15, 0.2) is 0 Å². The van der Waals surface area contributed by atoms with Crippen molar-refractivity contribution in [3.05, 3.63) is 29.8 Å². The highest BCUT2D eigenvalue weighted by Crippen LogP contribution is 2.40. The number of fused-ring (bicyclic) bond motifs is 1. The zero-order valence-corrected chi connectivity index (χ0v) is 10.6. The number of aryl methyl sites for hydroxylation is 1. The number of anilines is 1. The highest BCUT2D eigenvalue weighted by Gasteiger charge is 2.29. The van der Waals surface area contributed by atoms with E-state index in [9.17, 15) is 0 Å². The van der Waals surface area contributed by atoms with Crippen molar-refractivity contribution in [1.29, 1.82) is 0 Å². The smallest absolute Gasteiger partial charge is 0.222 e. The zero-order chi connectivity index (χ0) is 12.8. The Kier molecular flexibility index (Phi) is 2.33. The molecule has 1 aromatic heterocycles. The third kappa shape index (κ3) is 1.83. The number of nitrogens with two attached hydrogens (primary N) is 1. The van der Waals surface area contributed by atoms with Crippen LogP contribution in [0, 0.1) is 0 Å². The van der Waals surface area contributed by atoms with Gasteiger partial charge in [0.2, 0.25) is 5.88 Å². The molecule has 4 nitrogen and oxygen atoms in total. The summed E-state index contributed by atoms with van der Waals surface area (Å²) >= 11 is 0. The largest absolute Gasteiger partial charge is 0.487 e. The highest BCUT2D eigenvalue weighted by molar-refractivity contribution is 5.70. The van der Waals surface area contributed by atoms with E-state index in [1.165, 1.54) is 5.56 Å². The Bertz CT molecular complexity index is 587. The molecule has 0 fully saturated rings. The summed E-state index contributed by atoms with van der Waals surface area (Å²) in [4.78, 5) is 0. The first-order valence-electron chi connectivity index (χ1n) is 6.09. The lowest BCUT2D eigenvalue weighted by molar-refractivity contribution is 0.0854. The van der Waals surface area contributed by atoms with Crippen LogP contribution in [0.5, 0.6) is 5.75 Å². The Morgan fingerprint density at radius 1 is 1.33 bits per heavy atom. The van der Waals surface area contributed by atoms with Crippen LogP contribution >= 0.6 is 0 Å². The summed E-state index contributed by atoms with van der Waals surface area (Å²) in [5.74, 6) is 1.22. The molecule has 3 rings (SSSR count). The lowest BCUT2D eigenvalue weighted by atomic mass is 9.92. The lowest BCUT2D eigenvalue weighted by Gasteiger charge is -2.33. The number of benzene rings is 1. The molecular formula is C14H16N2O2. The van der Waals surface area contributed by atoms with Gasteiger partial charge in [0.1, 0.15) is 17.0 Å². The van der Waals surface area contributed by atoms with Crippen molar-refractivity contribution in [2.75, 3.05) is 5.73 Å². The maximum absolute atomic E-state index is 6.09. The molecule has 0 saturated heterocycles. The van der Waals surface area contributed by atoms with Gasteiger partial charge in [0.25, 0.3) is 0 Å². The average Bonchev–Trinajstić information content (AvgIpc) is 2.74. The first-order valence-corrected chi connectivity index (χ1v) is 6.09. The maximum Gasteiger partial charge on any atom is 0.222 e. The number of nitrogens with zero attached hydrogens (tertiary/aromatic N) is 1. The number of nitrogen functional groups attached to an aromatic ring is 1. The molecule has 1 aliphatic rings. The standard InChI is InChI=1S/C14H16N2O2/c1-14(2)7-6-9-4-3-5-10(13(9)17-14)11-8-12(15)18-16-11/h3-5,8H,6-7,15H2,1-2H3. The first kappa shape index (κ1) is 11.1.